The molecule has 0 unspecified atom stereocenters. The van der Waals surface area contributed by atoms with Crippen molar-refractivity contribution in [2.24, 2.45) is 0 Å². The van der Waals surface area contributed by atoms with Crippen molar-refractivity contribution in [3.8, 4) is 17.4 Å². The number of carbonyl (C=O) groups is 1. The highest BCUT2D eigenvalue weighted by atomic mass is 35.5. The molecule has 0 aliphatic carbocycles. The average Bonchev–Trinajstić information content (AvgIpc) is 2.73. The number of hydrogen-bond acceptors (Lipinski definition) is 5. The standard InChI is InChI=1S/C10H5ClF3N3O4/c11-4-1-5(3-6(2-4)21-10(12,13)14)20-8-7(9(18)19)15-17-16-8/h1-3H,(H,18,19)(H,15,16,17). The van der Waals surface area contributed by atoms with Crippen molar-refractivity contribution in [3.05, 3.63) is 28.9 Å². The number of carboxylic acids is 1. The van der Waals surface area contributed by atoms with Gasteiger partial charge in [-0.1, -0.05) is 21.9 Å². The molecular weight excluding hydrogens is 319 g/mol. The number of alkyl halides is 3. The molecule has 1 heterocycles. The van der Waals surface area contributed by atoms with Crippen LogP contribution in [0.5, 0.6) is 17.4 Å². The number of aromatic amines is 1. The summed E-state index contributed by atoms with van der Waals surface area (Å²) in [6.07, 6.45) is -4.90. The van der Waals surface area contributed by atoms with Crippen molar-refractivity contribution in [1.82, 2.24) is 15.4 Å². The minimum absolute atomic E-state index is 0.105. The van der Waals surface area contributed by atoms with E-state index in [1.54, 1.807) is 0 Å². The molecule has 2 aromatic rings. The number of H-pyrrole nitrogens is 1. The number of ether oxygens (including phenoxy) is 2. The van der Waals surface area contributed by atoms with Gasteiger partial charge in [-0.2, -0.15) is 0 Å². The highest BCUT2D eigenvalue weighted by Gasteiger charge is 2.31. The van der Waals surface area contributed by atoms with Crippen LogP contribution in [0.15, 0.2) is 18.2 Å². The predicted molar refractivity (Wildman–Crippen MR) is 61.6 cm³/mol. The van der Waals surface area contributed by atoms with E-state index < -0.39 is 29.7 Å². The topological polar surface area (TPSA) is 97.3 Å². The molecule has 11 heteroatoms. The van der Waals surface area contributed by atoms with Crippen LogP contribution in [0, 0.1) is 0 Å². The molecule has 1 aromatic heterocycles. The quantitative estimate of drug-likeness (QED) is 0.898. The summed E-state index contributed by atoms with van der Waals surface area (Å²) in [6, 6.07) is 2.95. The van der Waals surface area contributed by atoms with Crippen LogP contribution in [0.2, 0.25) is 5.02 Å². The summed E-state index contributed by atoms with van der Waals surface area (Å²) in [5.74, 6) is -2.64. The smallest absolute Gasteiger partial charge is 0.476 e. The van der Waals surface area contributed by atoms with E-state index >= 15 is 0 Å². The van der Waals surface area contributed by atoms with Gasteiger partial charge in [0.25, 0.3) is 5.88 Å². The minimum atomic E-state index is -4.90. The van der Waals surface area contributed by atoms with E-state index in [0.717, 1.165) is 18.2 Å². The maximum atomic E-state index is 12.1. The molecule has 0 saturated heterocycles. The lowest BCUT2D eigenvalue weighted by Gasteiger charge is -2.10. The van der Waals surface area contributed by atoms with Crippen molar-refractivity contribution >= 4 is 17.6 Å². The van der Waals surface area contributed by atoms with Crippen LogP contribution in [0.3, 0.4) is 0 Å². The first-order valence-corrected chi connectivity index (χ1v) is 5.51. The van der Waals surface area contributed by atoms with Gasteiger partial charge in [-0.25, -0.2) is 9.89 Å². The van der Waals surface area contributed by atoms with Gasteiger partial charge in [-0.15, -0.1) is 13.2 Å². The van der Waals surface area contributed by atoms with Crippen molar-refractivity contribution in [1.29, 1.82) is 0 Å². The molecule has 0 atom stereocenters. The maximum Gasteiger partial charge on any atom is 0.573 e. The van der Waals surface area contributed by atoms with E-state index in [-0.39, 0.29) is 10.8 Å². The Balaban J connectivity index is 2.28. The van der Waals surface area contributed by atoms with Crippen molar-refractivity contribution < 1.29 is 32.5 Å². The van der Waals surface area contributed by atoms with Gasteiger partial charge >= 0.3 is 12.3 Å². The van der Waals surface area contributed by atoms with Crippen molar-refractivity contribution in [2.75, 3.05) is 0 Å². The van der Waals surface area contributed by atoms with Gasteiger partial charge in [-0.05, 0) is 12.1 Å². The first-order chi connectivity index (χ1) is 9.74. The Bertz CT molecular complexity index is 674. The lowest BCUT2D eigenvalue weighted by atomic mass is 10.3. The van der Waals surface area contributed by atoms with Gasteiger partial charge in [-0.3, -0.25) is 0 Å². The molecule has 2 N–H and O–H groups in total. The van der Waals surface area contributed by atoms with Crippen LogP contribution in [0.1, 0.15) is 10.5 Å². The van der Waals surface area contributed by atoms with Crippen LogP contribution < -0.4 is 9.47 Å². The fraction of sp³-hybridized carbons (Fsp3) is 0.100. The molecule has 0 saturated carbocycles. The van der Waals surface area contributed by atoms with E-state index in [1.165, 1.54) is 0 Å². The fourth-order valence-electron chi connectivity index (χ4n) is 1.33. The minimum Gasteiger partial charge on any atom is -0.476 e. The Morgan fingerprint density at radius 3 is 2.57 bits per heavy atom. The normalized spacial score (nSPS) is 11.2. The number of carboxylic acid groups (broad SMARTS) is 1. The lowest BCUT2D eigenvalue weighted by molar-refractivity contribution is -0.274. The van der Waals surface area contributed by atoms with Crippen LogP contribution in [-0.4, -0.2) is 32.8 Å². The summed E-state index contributed by atoms with van der Waals surface area (Å²) in [7, 11) is 0. The molecule has 2 rings (SSSR count). The van der Waals surface area contributed by atoms with Crippen LogP contribution in [0.25, 0.3) is 0 Å². The second-order valence-electron chi connectivity index (χ2n) is 3.57. The van der Waals surface area contributed by atoms with Crippen LogP contribution in [0.4, 0.5) is 13.2 Å². The fourth-order valence-corrected chi connectivity index (χ4v) is 1.54. The molecule has 0 fully saturated rings. The van der Waals surface area contributed by atoms with Gasteiger partial charge in [0.2, 0.25) is 5.69 Å². The molecular formula is C10H5ClF3N3O4. The van der Waals surface area contributed by atoms with Crippen LogP contribution >= 0.6 is 11.6 Å². The van der Waals surface area contributed by atoms with E-state index in [2.05, 4.69) is 20.1 Å². The van der Waals surface area contributed by atoms with E-state index in [0.29, 0.717) is 0 Å². The summed E-state index contributed by atoms with van der Waals surface area (Å²) < 4.78 is 45.1. The molecule has 0 amide bonds. The predicted octanol–water partition coefficient (Wildman–Crippen LogP) is 2.85. The number of hydrogen-bond donors (Lipinski definition) is 2. The second kappa shape index (κ2) is 5.48. The lowest BCUT2D eigenvalue weighted by Crippen LogP contribution is -2.17. The number of halogens is 4. The Kier molecular flexibility index (Phi) is 3.89. The van der Waals surface area contributed by atoms with Gasteiger partial charge in [0.15, 0.2) is 0 Å². The highest BCUT2D eigenvalue weighted by molar-refractivity contribution is 6.30. The third-order valence-electron chi connectivity index (χ3n) is 2.02. The Morgan fingerprint density at radius 1 is 1.29 bits per heavy atom. The zero-order valence-corrected chi connectivity index (χ0v) is 10.6. The molecule has 21 heavy (non-hydrogen) atoms. The third-order valence-corrected chi connectivity index (χ3v) is 2.24. The Hall–Kier alpha value is -2.49. The third kappa shape index (κ3) is 3.99. The highest BCUT2D eigenvalue weighted by Crippen LogP contribution is 2.32. The van der Waals surface area contributed by atoms with Gasteiger partial charge in [0, 0.05) is 11.1 Å². The number of benzene rings is 1. The van der Waals surface area contributed by atoms with Crippen molar-refractivity contribution in [3.63, 3.8) is 0 Å². The largest absolute Gasteiger partial charge is 0.573 e. The van der Waals surface area contributed by atoms with Gasteiger partial charge in [0.05, 0.1) is 0 Å². The second-order valence-corrected chi connectivity index (χ2v) is 4.01. The van der Waals surface area contributed by atoms with Crippen molar-refractivity contribution in [2.45, 2.75) is 6.36 Å². The summed E-state index contributed by atoms with van der Waals surface area (Å²) in [6.45, 7) is 0. The van der Waals surface area contributed by atoms with Crippen LogP contribution in [-0.2, 0) is 0 Å². The first-order valence-electron chi connectivity index (χ1n) is 5.13. The van der Waals surface area contributed by atoms with E-state index in [9.17, 15) is 18.0 Å². The Labute approximate surface area is 119 Å². The maximum absolute atomic E-state index is 12.1. The zero-order chi connectivity index (χ0) is 15.6. The molecule has 1 aromatic carbocycles. The molecule has 0 aliphatic heterocycles. The summed E-state index contributed by atoms with van der Waals surface area (Å²) in [4.78, 5) is 10.8. The molecule has 0 bridgehead atoms. The molecule has 0 spiro atoms. The number of nitrogens with zero attached hydrogens (tertiary/aromatic N) is 2. The summed E-state index contributed by atoms with van der Waals surface area (Å²) in [5, 5.41) is 17.3. The number of rotatable bonds is 4. The average molecular weight is 324 g/mol. The zero-order valence-electron chi connectivity index (χ0n) is 9.81. The molecule has 112 valence electrons. The number of aromatic carboxylic acids is 1. The molecule has 0 aliphatic rings. The number of aromatic nitrogens is 3. The monoisotopic (exact) mass is 323 g/mol. The Morgan fingerprint density at radius 2 is 1.95 bits per heavy atom. The number of nitrogens with one attached hydrogen (secondary N) is 1. The van der Waals surface area contributed by atoms with E-state index in [4.69, 9.17) is 21.4 Å². The van der Waals surface area contributed by atoms with Gasteiger partial charge in [0.1, 0.15) is 11.5 Å². The summed E-state index contributed by atoms with van der Waals surface area (Å²) >= 11 is 5.63. The van der Waals surface area contributed by atoms with E-state index in [1.807, 2.05) is 0 Å². The van der Waals surface area contributed by atoms with Gasteiger partial charge < -0.3 is 14.6 Å². The molecule has 7 nitrogen and oxygen atoms in total. The molecule has 0 radical (unpaired) electrons. The first kappa shape index (κ1) is 14.9. The SMILES string of the molecule is O=C(O)c1[nH]nnc1Oc1cc(Cl)cc(OC(F)(F)F)c1. The summed E-state index contributed by atoms with van der Waals surface area (Å²) in [5.41, 5.74) is -0.465.